The summed E-state index contributed by atoms with van der Waals surface area (Å²) in [6, 6.07) is 12.8. The summed E-state index contributed by atoms with van der Waals surface area (Å²) in [6.45, 7) is -0.641. The molecule has 0 bridgehead atoms. The van der Waals surface area contributed by atoms with Crippen molar-refractivity contribution < 1.29 is 31.2 Å². The molecule has 1 heterocycles. The number of carbonyl (C=O) groups excluding carboxylic acids is 1. The topological polar surface area (TPSA) is 98.6 Å². The number of alkyl halides is 3. The van der Waals surface area contributed by atoms with Gasteiger partial charge >= 0.3 is 12.1 Å². The van der Waals surface area contributed by atoms with Crippen LogP contribution in [0.3, 0.4) is 0 Å². The van der Waals surface area contributed by atoms with Gasteiger partial charge < -0.3 is 4.84 Å². The van der Waals surface area contributed by atoms with Crippen LogP contribution >= 0.6 is 0 Å². The van der Waals surface area contributed by atoms with Gasteiger partial charge in [-0.1, -0.05) is 36.4 Å². The molecule has 30 heavy (non-hydrogen) atoms. The van der Waals surface area contributed by atoms with Crippen molar-refractivity contribution in [3.8, 4) is 11.3 Å². The number of carbonyl (C=O) groups is 1. The molecule has 0 aliphatic heterocycles. The summed E-state index contributed by atoms with van der Waals surface area (Å²) in [4.78, 5) is 27.2. The van der Waals surface area contributed by atoms with Gasteiger partial charge in [-0.2, -0.15) is 18.3 Å². The normalized spacial score (nSPS) is 11.9. The van der Waals surface area contributed by atoms with Crippen LogP contribution in [0.5, 0.6) is 0 Å². The SMILES string of the molecule is Cn1nc(-c2cccc(CN(OC(=O)C(F)(F)F)[SH](=O)=O)c2)c2ccccc2c1=O. The van der Waals surface area contributed by atoms with E-state index in [0.29, 0.717) is 22.0 Å². The van der Waals surface area contributed by atoms with Gasteiger partial charge in [0.1, 0.15) is 0 Å². The third-order valence-electron chi connectivity index (χ3n) is 4.08. The van der Waals surface area contributed by atoms with Gasteiger partial charge in [-0.15, -0.1) is 0 Å². The van der Waals surface area contributed by atoms with Crippen molar-refractivity contribution in [1.29, 1.82) is 0 Å². The van der Waals surface area contributed by atoms with Gasteiger partial charge in [-0.05, 0) is 22.2 Å². The lowest BCUT2D eigenvalue weighted by atomic mass is 10.0. The van der Waals surface area contributed by atoms with Gasteiger partial charge in [-0.3, -0.25) is 4.79 Å². The van der Waals surface area contributed by atoms with Crippen molar-refractivity contribution in [2.75, 3.05) is 0 Å². The second-order valence-corrected chi connectivity index (χ2v) is 7.07. The molecule has 3 rings (SSSR count). The van der Waals surface area contributed by atoms with Crippen LogP contribution in [0.15, 0.2) is 53.3 Å². The Bertz CT molecular complexity index is 1250. The van der Waals surface area contributed by atoms with E-state index >= 15 is 0 Å². The van der Waals surface area contributed by atoms with E-state index in [1.54, 1.807) is 30.3 Å². The molecular formula is C18H14F3N3O5S. The number of fused-ring (bicyclic) bond motifs is 1. The van der Waals surface area contributed by atoms with Crippen molar-refractivity contribution >= 4 is 27.6 Å². The van der Waals surface area contributed by atoms with E-state index in [1.807, 2.05) is 0 Å². The first kappa shape index (κ1) is 21.5. The van der Waals surface area contributed by atoms with Crippen molar-refractivity contribution in [2.24, 2.45) is 7.05 Å². The Morgan fingerprint density at radius 2 is 1.80 bits per heavy atom. The number of hydroxylamine groups is 1. The van der Waals surface area contributed by atoms with Crippen LogP contribution in [0.1, 0.15) is 5.56 Å². The number of benzene rings is 2. The maximum atomic E-state index is 12.4. The minimum absolute atomic E-state index is 0.0729. The Balaban J connectivity index is 1.99. The second kappa shape index (κ2) is 8.24. The minimum Gasteiger partial charge on any atom is -0.345 e. The fourth-order valence-electron chi connectivity index (χ4n) is 2.76. The molecule has 0 saturated carbocycles. The second-order valence-electron chi connectivity index (χ2n) is 6.15. The quantitative estimate of drug-likeness (QED) is 0.480. The van der Waals surface area contributed by atoms with Crippen LogP contribution in [0.25, 0.3) is 22.0 Å². The number of thiol groups is 1. The highest BCUT2D eigenvalue weighted by Crippen LogP contribution is 2.26. The van der Waals surface area contributed by atoms with E-state index in [0.717, 1.165) is 4.68 Å². The highest BCUT2D eigenvalue weighted by molar-refractivity contribution is 7.69. The monoisotopic (exact) mass is 441 g/mol. The third-order valence-corrected chi connectivity index (χ3v) is 4.66. The van der Waals surface area contributed by atoms with Crippen molar-refractivity contribution in [2.45, 2.75) is 12.7 Å². The van der Waals surface area contributed by atoms with E-state index in [2.05, 4.69) is 9.94 Å². The first-order chi connectivity index (χ1) is 14.1. The highest BCUT2D eigenvalue weighted by Gasteiger charge is 2.43. The molecule has 0 unspecified atom stereocenters. The van der Waals surface area contributed by atoms with Gasteiger partial charge in [0.2, 0.25) is 10.9 Å². The van der Waals surface area contributed by atoms with Crippen LogP contribution in [0.4, 0.5) is 13.2 Å². The van der Waals surface area contributed by atoms with Gasteiger partial charge in [0.15, 0.2) is 0 Å². The molecule has 0 saturated heterocycles. The molecule has 0 radical (unpaired) electrons. The van der Waals surface area contributed by atoms with Crippen molar-refractivity contribution in [3.05, 3.63) is 64.4 Å². The molecule has 0 atom stereocenters. The number of aryl methyl sites for hydroxylation is 1. The van der Waals surface area contributed by atoms with Crippen LogP contribution in [0, 0.1) is 0 Å². The number of hydrogen-bond donors (Lipinski definition) is 1. The van der Waals surface area contributed by atoms with E-state index in [-0.39, 0.29) is 15.6 Å². The van der Waals surface area contributed by atoms with Crippen LogP contribution in [-0.4, -0.2) is 34.8 Å². The molecule has 0 fully saturated rings. The number of aromatic nitrogens is 2. The molecule has 0 amide bonds. The lowest BCUT2D eigenvalue weighted by Crippen LogP contribution is -2.33. The molecule has 0 aliphatic rings. The molecule has 2 aromatic carbocycles. The fourth-order valence-corrected chi connectivity index (χ4v) is 3.18. The number of rotatable bonds is 5. The van der Waals surface area contributed by atoms with Crippen LogP contribution < -0.4 is 5.56 Å². The molecule has 158 valence electrons. The fraction of sp³-hybridized carbons (Fsp3) is 0.167. The lowest BCUT2D eigenvalue weighted by Gasteiger charge is -2.16. The molecule has 8 nitrogen and oxygen atoms in total. The summed E-state index contributed by atoms with van der Waals surface area (Å²) >= 11 is 0. The van der Waals surface area contributed by atoms with E-state index in [1.165, 1.54) is 25.2 Å². The third kappa shape index (κ3) is 4.49. The predicted molar refractivity (Wildman–Crippen MR) is 100 cm³/mol. The zero-order valence-corrected chi connectivity index (χ0v) is 16.2. The summed E-state index contributed by atoms with van der Waals surface area (Å²) in [5.41, 5.74) is 0.836. The average molecular weight is 441 g/mol. The molecule has 0 N–H and O–H groups in total. The first-order valence-corrected chi connectivity index (χ1v) is 9.47. The Kier molecular flexibility index (Phi) is 5.89. The van der Waals surface area contributed by atoms with Crippen molar-refractivity contribution in [1.82, 2.24) is 14.2 Å². The van der Waals surface area contributed by atoms with E-state index < -0.39 is 29.6 Å². The van der Waals surface area contributed by atoms with Crippen LogP contribution in [-0.2, 0) is 34.1 Å². The largest absolute Gasteiger partial charge is 0.492 e. The summed E-state index contributed by atoms with van der Waals surface area (Å²) in [5, 5.41) is 5.21. The highest BCUT2D eigenvalue weighted by atomic mass is 32.2. The summed E-state index contributed by atoms with van der Waals surface area (Å²) < 4.78 is 60.7. The number of hydrogen-bond acceptors (Lipinski definition) is 6. The summed E-state index contributed by atoms with van der Waals surface area (Å²) in [7, 11) is -2.16. The Labute approximate surface area is 169 Å². The van der Waals surface area contributed by atoms with E-state index in [4.69, 9.17) is 0 Å². The van der Waals surface area contributed by atoms with Gasteiger partial charge in [0, 0.05) is 18.0 Å². The average Bonchev–Trinajstić information content (AvgIpc) is 2.69. The Morgan fingerprint density at radius 1 is 1.13 bits per heavy atom. The smallest absolute Gasteiger partial charge is 0.345 e. The first-order valence-electron chi connectivity index (χ1n) is 8.34. The molecule has 0 spiro atoms. The molecule has 12 heteroatoms. The number of halogens is 3. The summed E-state index contributed by atoms with van der Waals surface area (Å²) in [5.74, 6) is -2.65. The Morgan fingerprint density at radius 3 is 2.43 bits per heavy atom. The van der Waals surface area contributed by atoms with Gasteiger partial charge in [-0.25, -0.2) is 17.9 Å². The molecular weight excluding hydrogens is 427 g/mol. The minimum atomic E-state index is -5.34. The molecule has 3 aromatic rings. The number of nitrogens with zero attached hydrogens (tertiary/aromatic N) is 3. The van der Waals surface area contributed by atoms with Crippen LogP contribution in [0.2, 0.25) is 0 Å². The van der Waals surface area contributed by atoms with E-state index in [9.17, 15) is 31.2 Å². The van der Waals surface area contributed by atoms with Gasteiger partial charge in [0.25, 0.3) is 5.56 Å². The standard InChI is InChI=1S/C18H14F3N3O5S/c1-23-16(25)14-8-3-2-7-13(14)15(22-23)12-6-4-5-11(9-12)10-24(30(27)28)29-17(26)18(19,20)21/h2-9,30H,10H2,1H3. The molecule has 1 aromatic heterocycles. The Hall–Kier alpha value is -3.25. The summed E-state index contributed by atoms with van der Waals surface area (Å²) in [6.07, 6.45) is -5.34. The lowest BCUT2D eigenvalue weighted by molar-refractivity contribution is -0.223. The van der Waals surface area contributed by atoms with Gasteiger partial charge in [0.05, 0.1) is 17.6 Å². The predicted octanol–water partition coefficient (Wildman–Crippen LogP) is 1.95. The van der Waals surface area contributed by atoms with Crippen molar-refractivity contribution in [3.63, 3.8) is 0 Å². The zero-order valence-electron chi connectivity index (χ0n) is 15.3. The maximum Gasteiger partial charge on any atom is 0.492 e. The maximum absolute atomic E-state index is 12.4. The zero-order chi connectivity index (χ0) is 22.1. The molecule has 0 aliphatic carbocycles.